The highest BCUT2D eigenvalue weighted by molar-refractivity contribution is 5.84. The molecule has 2 aromatic rings. The van der Waals surface area contributed by atoms with E-state index in [1.54, 1.807) is 6.21 Å². The Labute approximate surface area is 187 Å². The molecule has 3 rings (SSSR count). The van der Waals surface area contributed by atoms with Gasteiger partial charge in [-0.3, -0.25) is 4.79 Å². The van der Waals surface area contributed by atoms with E-state index in [1.807, 2.05) is 6.07 Å². The molecule has 1 aliphatic rings. The van der Waals surface area contributed by atoms with Gasteiger partial charge in [-0.05, 0) is 74.9 Å². The van der Waals surface area contributed by atoms with Crippen molar-refractivity contribution >= 4 is 17.8 Å². The van der Waals surface area contributed by atoms with Crippen LogP contribution < -0.4 is 10.3 Å². The van der Waals surface area contributed by atoms with Crippen molar-refractivity contribution in [1.29, 1.82) is 0 Å². The molecule has 0 aromatic heterocycles. The summed E-state index contributed by atoms with van der Waals surface area (Å²) in [5.41, 5.74) is 5.31. The fourth-order valence-corrected chi connectivity index (χ4v) is 4.79. The number of alkyl halides is 3. The van der Waals surface area contributed by atoms with Gasteiger partial charge in [0.2, 0.25) is 5.91 Å². The van der Waals surface area contributed by atoms with E-state index >= 15 is 0 Å². The number of benzene rings is 2. The molecule has 172 valence electrons. The number of hydrogen-bond donors (Lipinski definition) is 1. The van der Waals surface area contributed by atoms with Crippen LogP contribution in [0.4, 0.5) is 18.9 Å². The average molecular weight is 446 g/mol. The van der Waals surface area contributed by atoms with Crippen molar-refractivity contribution in [2.45, 2.75) is 71.1 Å². The lowest BCUT2D eigenvalue weighted by molar-refractivity contribution is -0.137. The summed E-state index contributed by atoms with van der Waals surface area (Å²) in [7, 11) is 0. The van der Waals surface area contributed by atoms with E-state index in [0.29, 0.717) is 12.0 Å². The first-order chi connectivity index (χ1) is 14.9. The van der Waals surface area contributed by atoms with Gasteiger partial charge in [0.25, 0.3) is 0 Å². The smallest absolute Gasteiger partial charge is 0.364 e. The Morgan fingerprint density at radius 2 is 1.97 bits per heavy atom. The highest BCUT2D eigenvalue weighted by Gasteiger charge is 2.37. The van der Waals surface area contributed by atoms with Crippen LogP contribution in [-0.2, 0) is 17.4 Å². The minimum absolute atomic E-state index is 0.0631. The minimum atomic E-state index is -4.44. The lowest BCUT2D eigenvalue weighted by atomic mass is 9.79. The fourth-order valence-electron chi connectivity index (χ4n) is 4.79. The molecule has 1 amide bonds. The first-order valence-corrected chi connectivity index (χ1v) is 10.8. The molecule has 0 radical (unpaired) electrons. The van der Waals surface area contributed by atoms with E-state index in [0.717, 1.165) is 24.1 Å². The molecule has 4 nitrogen and oxygen atoms in total. The predicted octanol–water partition coefficient (Wildman–Crippen LogP) is 5.90. The monoisotopic (exact) mass is 445 g/mol. The zero-order chi connectivity index (χ0) is 23.7. The van der Waals surface area contributed by atoms with Crippen LogP contribution in [0.2, 0.25) is 0 Å². The Morgan fingerprint density at radius 3 is 2.62 bits per heavy atom. The number of anilines is 1. The van der Waals surface area contributed by atoms with Gasteiger partial charge in [0.1, 0.15) is 0 Å². The number of carbonyl (C=O) groups is 1. The van der Waals surface area contributed by atoms with Gasteiger partial charge in [-0.15, -0.1) is 0 Å². The molecule has 1 atom stereocenters. The summed E-state index contributed by atoms with van der Waals surface area (Å²) in [5, 5.41) is 4.01. The Bertz CT molecular complexity index is 1010. The van der Waals surface area contributed by atoms with E-state index in [1.165, 1.54) is 23.4 Å². The number of hydrogen-bond acceptors (Lipinski definition) is 3. The van der Waals surface area contributed by atoms with Crippen molar-refractivity contribution in [3.05, 3.63) is 64.7 Å². The van der Waals surface area contributed by atoms with Crippen molar-refractivity contribution in [3.63, 3.8) is 0 Å². The first-order valence-electron chi connectivity index (χ1n) is 10.8. The van der Waals surface area contributed by atoms with Crippen LogP contribution in [0.15, 0.2) is 47.6 Å². The van der Waals surface area contributed by atoms with Crippen LogP contribution in [-0.4, -0.2) is 23.7 Å². The lowest BCUT2D eigenvalue weighted by Gasteiger charge is -2.50. The molecular formula is C25H30F3N3O. The zero-order valence-corrected chi connectivity index (χ0v) is 19.1. The van der Waals surface area contributed by atoms with Gasteiger partial charge < -0.3 is 4.90 Å². The maximum absolute atomic E-state index is 12.8. The quantitative estimate of drug-likeness (QED) is 0.460. The molecule has 0 bridgehead atoms. The zero-order valence-electron chi connectivity index (χ0n) is 19.1. The molecule has 0 saturated heterocycles. The largest absolute Gasteiger partial charge is 0.416 e. The lowest BCUT2D eigenvalue weighted by Crippen LogP contribution is -2.51. The van der Waals surface area contributed by atoms with E-state index in [9.17, 15) is 18.0 Å². The molecule has 1 N–H and O–H groups in total. The van der Waals surface area contributed by atoms with E-state index < -0.39 is 17.6 Å². The Balaban J connectivity index is 1.69. The molecule has 7 heteroatoms. The van der Waals surface area contributed by atoms with Gasteiger partial charge in [0.05, 0.1) is 18.2 Å². The summed E-state index contributed by atoms with van der Waals surface area (Å²) in [6, 6.07) is 11.3. The number of carbonyl (C=O) groups excluding carboxylic acids is 1. The SMILES string of the molecule is CC(C)N1c2ccc(/C=N/NC(=O)Cc3cccc(C(F)(F)F)c3)cc2[C@@H](C)CC1(C)C. The molecule has 0 unspecified atom stereocenters. The van der Waals surface area contributed by atoms with Crippen molar-refractivity contribution in [2.75, 3.05) is 4.90 Å². The summed E-state index contributed by atoms with van der Waals surface area (Å²) < 4.78 is 38.5. The number of fused-ring (bicyclic) bond motifs is 1. The summed E-state index contributed by atoms with van der Waals surface area (Å²) in [5.74, 6) is -0.0847. The van der Waals surface area contributed by atoms with Gasteiger partial charge in [0.15, 0.2) is 0 Å². The molecule has 2 aromatic carbocycles. The molecule has 32 heavy (non-hydrogen) atoms. The highest BCUT2D eigenvalue weighted by atomic mass is 19.4. The first kappa shape index (κ1) is 23.8. The summed E-state index contributed by atoms with van der Waals surface area (Å²) in [6.45, 7) is 11.1. The number of amides is 1. The normalized spacial score (nSPS) is 18.2. The molecule has 0 spiro atoms. The highest BCUT2D eigenvalue weighted by Crippen LogP contribution is 2.44. The maximum atomic E-state index is 12.8. The van der Waals surface area contributed by atoms with Gasteiger partial charge in [-0.1, -0.05) is 31.2 Å². The number of hydrazone groups is 1. The Hall–Kier alpha value is -2.83. The van der Waals surface area contributed by atoms with Crippen LogP contribution >= 0.6 is 0 Å². The van der Waals surface area contributed by atoms with E-state index in [-0.39, 0.29) is 17.5 Å². The van der Waals surface area contributed by atoms with Gasteiger partial charge in [0, 0.05) is 17.3 Å². The third kappa shape index (κ3) is 5.31. The summed E-state index contributed by atoms with van der Waals surface area (Å²) in [4.78, 5) is 14.6. The number of nitrogens with one attached hydrogen (secondary N) is 1. The second-order valence-corrected chi connectivity index (χ2v) is 9.37. The molecule has 1 aliphatic heterocycles. The maximum Gasteiger partial charge on any atom is 0.416 e. The number of rotatable bonds is 5. The second kappa shape index (κ2) is 8.96. The number of halogens is 3. The second-order valence-electron chi connectivity index (χ2n) is 9.37. The minimum Gasteiger partial charge on any atom is -0.364 e. The molecule has 1 heterocycles. The third-order valence-electron chi connectivity index (χ3n) is 5.84. The van der Waals surface area contributed by atoms with Crippen LogP contribution in [0.5, 0.6) is 0 Å². The van der Waals surface area contributed by atoms with Crippen LogP contribution in [0, 0.1) is 0 Å². The summed E-state index contributed by atoms with van der Waals surface area (Å²) >= 11 is 0. The van der Waals surface area contributed by atoms with Gasteiger partial charge >= 0.3 is 6.18 Å². The van der Waals surface area contributed by atoms with Crippen molar-refractivity contribution in [3.8, 4) is 0 Å². The fraction of sp³-hybridized carbons (Fsp3) is 0.440. The molecule has 0 saturated carbocycles. The van der Waals surface area contributed by atoms with Crippen molar-refractivity contribution in [2.24, 2.45) is 5.10 Å². The Morgan fingerprint density at radius 1 is 1.25 bits per heavy atom. The van der Waals surface area contributed by atoms with E-state index in [4.69, 9.17) is 0 Å². The van der Waals surface area contributed by atoms with Gasteiger partial charge in [-0.2, -0.15) is 18.3 Å². The number of nitrogens with zero attached hydrogens (tertiary/aromatic N) is 2. The van der Waals surface area contributed by atoms with E-state index in [2.05, 4.69) is 62.2 Å². The molecular weight excluding hydrogens is 415 g/mol. The molecule has 0 fully saturated rings. The molecule has 0 aliphatic carbocycles. The third-order valence-corrected chi connectivity index (χ3v) is 5.84. The van der Waals surface area contributed by atoms with Crippen LogP contribution in [0.1, 0.15) is 69.2 Å². The van der Waals surface area contributed by atoms with Gasteiger partial charge in [-0.25, -0.2) is 5.43 Å². The topological polar surface area (TPSA) is 44.7 Å². The Kier molecular flexibility index (Phi) is 6.67. The predicted molar refractivity (Wildman–Crippen MR) is 122 cm³/mol. The van der Waals surface area contributed by atoms with Crippen LogP contribution in [0.25, 0.3) is 0 Å². The van der Waals surface area contributed by atoms with Crippen molar-refractivity contribution < 1.29 is 18.0 Å². The summed E-state index contributed by atoms with van der Waals surface area (Å²) in [6.07, 6.45) is -2.02. The standard InChI is InChI=1S/C25H30F3N3O/c1-16(2)31-22-10-9-19(12-21(22)17(3)14-24(31,4)5)15-29-30-23(32)13-18-7-6-8-20(11-18)25(26,27)28/h6-12,15-17H,13-14H2,1-5H3,(H,30,32)/b29-15+/t17-/m0/s1. The average Bonchev–Trinajstić information content (AvgIpc) is 2.67. The van der Waals surface area contributed by atoms with Crippen molar-refractivity contribution in [1.82, 2.24) is 5.43 Å². The van der Waals surface area contributed by atoms with Crippen LogP contribution in [0.3, 0.4) is 0 Å².